The maximum Gasteiger partial charge on any atom is 0.224 e. The van der Waals surface area contributed by atoms with E-state index in [9.17, 15) is 4.79 Å². The summed E-state index contributed by atoms with van der Waals surface area (Å²) < 4.78 is 0. The van der Waals surface area contributed by atoms with Crippen molar-refractivity contribution in [2.75, 3.05) is 0 Å². The molecule has 1 aliphatic carbocycles. The van der Waals surface area contributed by atoms with Crippen LogP contribution in [0.2, 0.25) is 0 Å². The first kappa shape index (κ1) is 17.3. The van der Waals surface area contributed by atoms with E-state index in [-0.39, 0.29) is 11.9 Å². The van der Waals surface area contributed by atoms with E-state index in [1.165, 1.54) is 5.56 Å². The molecule has 27 heavy (non-hydrogen) atoms. The summed E-state index contributed by atoms with van der Waals surface area (Å²) in [5.74, 6) is 0.724. The van der Waals surface area contributed by atoms with E-state index in [2.05, 4.69) is 15.3 Å². The van der Waals surface area contributed by atoms with E-state index < -0.39 is 0 Å². The van der Waals surface area contributed by atoms with Crippen molar-refractivity contribution < 1.29 is 4.79 Å². The van der Waals surface area contributed by atoms with Gasteiger partial charge in [-0.15, -0.1) is 0 Å². The highest BCUT2D eigenvalue weighted by Gasteiger charge is 2.24. The predicted molar refractivity (Wildman–Crippen MR) is 104 cm³/mol. The number of nitrogens with one attached hydrogen (secondary N) is 1. The summed E-state index contributed by atoms with van der Waals surface area (Å²) >= 11 is 0. The minimum absolute atomic E-state index is 0.0188. The predicted octanol–water partition coefficient (Wildman–Crippen LogP) is 3.58. The van der Waals surface area contributed by atoms with Gasteiger partial charge < -0.3 is 5.32 Å². The Hall–Kier alpha value is -3.08. The number of hydrogen-bond acceptors (Lipinski definition) is 4. The summed E-state index contributed by atoms with van der Waals surface area (Å²) in [6, 6.07) is 11.9. The number of rotatable bonds is 4. The van der Waals surface area contributed by atoms with E-state index in [0.29, 0.717) is 12.2 Å². The van der Waals surface area contributed by atoms with Crippen LogP contribution in [0.3, 0.4) is 0 Å². The molecule has 0 saturated heterocycles. The number of pyridine rings is 1. The Bertz CT molecular complexity index is 938. The van der Waals surface area contributed by atoms with Gasteiger partial charge in [-0.1, -0.05) is 29.8 Å². The van der Waals surface area contributed by atoms with Gasteiger partial charge in [-0.2, -0.15) is 0 Å². The Balaban J connectivity index is 1.49. The number of aryl methyl sites for hydroxylation is 2. The number of benzene rings is 1. The van der Waals surface area contributed by atoms with Crippen molar-refractivity contribution in [3.63, 3.8) is 0 Å². The Kier molecular flexibility index (Phi) is 4.92. The average molecular weight is 358 g/mol. The third-order valence-corrected chi connectivity index (χ3v) is 4.92. The van der Waals surface area contributed by atoms with Crippen molar-refractivity contribution in [2.45, 2.75) is 38.6 Å². The highest BCUT2D eigenvalue weighted by Crippen LogP contribution is 2.29. The molecule has 1 aromatic carbocycles. The molecule has 0 fully saturated rings. The van der Waals surface area contributed by atoms with Gasteiger partial charge in [0.05, 0.1) is 12.5 Å². The second-order valence-corrected chi connectivity index (χ2v) is 7.01. The van der Waals surface area contributed by atoms with Crippen LogP contribution in [0.1, 0.15) is 41.3 Å². The van der Waals surface area contributed by atoms with E-state index >= 15 is 0 Å². The van der Waals surface area contributed by atoms with Crippen LogP contribution >= 0.6 is 0 Å². The number of carbonyl (C=O) groups excluding carboxylic acids is 1. The molecule has 1 atom stereocenters. The molecule has 5 heteroatoms. The summed E-state index contributed by atoms with van der Waals surface area (Å²) in [4.78, 5) is 25.9. The van der Waals surface area contributed by atoms with Gasteiger partial charge in [-0.3, -0.25) is 9.78 Å². The number of carbonyl (C=O) groups is 1. The number of hydrogen-bond donors (Lipinski definition) is 1. The van der Waals surface area contributed by atoms with Gasteiger partial charge in [-0.25, -0.2) is 9.97 Å². The molecule has 1 N–H and O–H groups in total. The topological polar surface area (TPSA) is 67.8 Å². The number of fused-ring (bicyclic) bond motifs is 1. The molecule has 5 nitrogen and oxygen atoms in total. The van der Waals surface area contributed by atoms with Gasteiger partial charge in [0.1, 0.15) is 0 Å². The molecule has 2 aromatic heterocycles. The van der Waals surface area contributed by atoms with E-state index in [1.807, 2.05) is 49.5 Å². The first-order valence-corrected chi connectivity index (χ1v) is 9.30. The molecule has 0 saturated carbocycles. The van der Waals surface area contributed by atoms with Crippen molar-refractivity contribution >= 4 is 5.91 Å². The lowest BCUT2D eigenvalue weighted by Crippen LogP contribution is -2.32. The minimum Gasteiger partial charge on any atom is -0.349 e. The largest absolute Gasteiger partial charge is 0.349 e. The zero-order valence-electron chi connectivity index (χ0n) is 15.4. The van der Waals surface area contributed by atoms with Crippen LogP contribution in [-0.4, -0.2) is 20.9 Å². The highest BCUT2D eigenvalue weighted by atomic mass is 16.1. The first-order chi connectivity index (χ1) is 13.2. The Labute approximate surface area is 158 Å². The van der Waals surface area contributed by atoms with Crippen molar-refractivity contribution in [3.05, 3.63) is 77.4 Å². The summed E-state index contributed by atoms with van der Waals surface area (Å²) in [5.41, 5.74) is 5.19. The van der Waals surface area contributed by atoms with Gasteiger partial charge in [-0.05, 0) is 43.9 Å². The van der Waals surface area contributed by atoms with Crippen LogP contribution in [0.5, 0.6) is 0 Å². The van der Waals surface area contributed by atoms with Crippen LogP contribution < -0.4 is 5.32 Å². The van der Waals surface area contributed by atoms with Crippen LogP contribution in [0.4, 0.5) is 0 Å². The van der Waals surface area contributed by atoms with Gasteiger partial charge in [0.2, 0.25) is 5.91 Å². The lowest BCUT2D eigenvalue weighted by Gasteiger charge is -2.25. The van der Waals surface area contributed by atoms with Crippen LogP contribution in [0.15, 0.2) is 55.0 Å². The zero-order chi connectivity index (χ0) is 18.6. The second kappa shape index (κ2) is 7.66. The SMILES string of the molecule is Cc1ccc(CC(=O)NC2CCCc3nc(-c4cccnc4)ncc32)cc1. The fraction of sp³-hybridized carbons (Fsp3) is 0.273. The van der Waals surface area contributed by atoms with Crippen LogP contribution in [-0.2, 0) is 17.6 Å². The van der Waals surface area contributed by atoms with Gasteiger partial charge in [0.15, 0.2) is 5.82 Å². The maximum absolute atomic E-state index is 12.5. The molecular weight excluding hydrogens is 336 g/mol. The van der Waals surface area contributed by atoms with Crippen molar-refractivity contribution in [1.29, 1.82) is 0 Å². The minimum atomic E-state index is -0.0188. The molecule has 0 aliphatic heterocycles. The summed E-state index contributed by atoms with van der Waals surface area (Å²) in [6.07, 6.45) is 8.60. The van der Waals surface area contributed by atoms with Crippen LogP contribution in [0, 0.1) is 6.92 Å². The molecule has 0 radical (unpaired) electrons. The summed E-state index contributed by atoms with van der Waals surface area (Å²) in [7, 11) is 0. The van der Waals surface area contributed by atoms with E-state index in [0.717, 1.165) is 41.6 Å². The quantitative estimate of drug-likeness (QED) is 0.774. The van der Waals surface area contributed by atoms with Gasteiger partial charge >= 0.3 is 0 Å². The monoisotopic (exact) mass is 358 g/mol. The van der Waals surface area contributed by atoms with Gasteiger partial charge in [0.25, 0.3) is 0 Å². The summed E-state index contributed by atoms with van der Waals surface area (Å²) in [6.45, 7) is 2.04. The zero-order valence-corrected chi connectivity index (χ0v) is 15.4. The lowest BCUT2D eigenvalue weighted by atomic mass is 9.92. The molecule has 1 unspecified atom stereocenters. The number of amides is 1. The van der Waals surface area contributed by atoms with E-state index in [4.69, 9.17) is 4.98 Å². The standard InChI is InChI=1S/C22H22N4O/c1-15-7-9-16(10-8-15)12-21(27)25-19-5-2-6-20-18(19)14-24-22(26-20)17-4-3-11-23-13-17/h3-4,7-11,13-14,19H,2,5-6,12H2,1H3,(H,25,27). The third-order valence-electron chi connectivity index (χ3n) is 4.92. The lowest BCUT2D eigenvalue weighted by molar-refractivity contribution is -0.121. The summed E-state index contributed by atoms with van der Waals surface area (Å²) in [5, 5.41) is 3.17. The third kappa shape index (κ3) is 4.03. The Morgan fingerprint density at radius 3 is 2.81 bits per heavy atom. The molecule has 1 aliphatic rings. The molecular formula is C22H22N4O. The van der Waals surface area contributed by atoms with E-state index in [1.54, 1.807) is 12.4 Å². The molecule has 0 bridgehead atoms. The normalized spacial score (nSPS) is 15.8. The average Bonchev–Trinajstić information content (AvgIpc) is 2.70. The molecule has 3 aromatic rings. The number of aromatic nitrogens is 3. The molecule has 2 heterocycles. The Morgan fingerprint density at radius 2 is 2.04 bits per heavy atom. The Morgan fingerprint density at radius 1 is 1.19 bits per heavy atom. The fourth-order valence-corrected chi connectivity index (χ4v) is 3.47. The van der Waals surface area contributed by atoms with Crippen molar-refractivity contribution in [2.24, 2.45) is 0 Å². The van der Waals surface area contributed by atoms with Crippen molar-refractivity contribution in [1.82, 2.24) is 20.3 Å². The van der Waals surface area contributed by atoms with Crippen molar-refractivity contribution in [3.8, 4) is 11.4 Å². The highest BCUT2D eigenvalue weighted by molar-refractivity contribution is 5.79. The fourth-order valence-electron chi connectivity index (χ4n) is 3.47. The molecule has 0 spiro atoms. The maximum atomic E-state index is 12.5. The van der Waals surface area contributed by atoms with Gasteiger partial charge in [0, 0.05) is 35.4 Å². The first-order valence-electron chi connectivity index (χ1n) is 9.30. The second-order valence-electron chi connectivity index (χ2n) is 7.01. The van der Waals surface area contributed by atoms with Crippen LogP contribution in [0.25, 0.3) is 11.4 Å². The molecule has 136 valence electrons. The molecule has 4 rings (SSSR count). The smallest absolute Gasteiger partial charge is 0.224 e. The number of nitrogens with zero attached hydrogens (tertiary/aromatic N) is 3. The molecule has 1 amide bonds.